The van der Waals surface area contributed by atoms with Gasteiger partial charge in [0.15, 0.2) is 23.3 Å². The lowest BCUT2D eigenvalue weighted by Crippen LogP contribution is -2.26. The van der Waals surface area contributed by atoms with Gasteiger partial charge in [-0.3, -0.25) is 0 Å². The first-order valence-electron chi connectivity index (χ1n) is 9.73. The number of aryl methyl sites for hydroxylation is 1. The number of halogens is 8. The summed E-state index contributed by atoms with van der Waals surface area (Å²) in [7, 11) is 0. The molecule has 0 unspecified atom stereocenters. The lowest BCUT2D eigenvalue weighted by Gasteiger charge is -2.22. The van der Waals surface area contributed by atoms with Gasteiger partial charge in [0.1, 0.15) is 0 Å². The topological polar surface area (TPSA) is 44.1 Å². The molecule has 0 radical (unpaired) electrons. The molecular weight excluding hydrogens is 508 g/mol. The first-order chi connectivity index (χ1) is 16.1. The number of ether oxygens (including phenoxy) is 1. The SMILES string of the molecule is Cc1nn(C(C)(C)C)c(OC(=O)c2ccccc2C(F)(F)F)c1Sc1c(F)c(F)c(F)c(F)c1F. The summed E-state index contributed by atoms with van der Waals surface area (Å²) in [6.07, 6.45) is -4.90. The summed E-state index contributed by atoms with van der Waals surface area (Å²) in [4.78, 5) is 11.1. The molecule has 0 atom stereocenters. The molecule has 3 rings (SSSR count). The predicted molar refractivity (Wildman–Crippen MR) is 109 cm³/mol. The first kappa shape index (κ1) is 26.5. The van der Waals surface area contributed by atoms with E-state index >= 15 is 0 Å². The Kier molecular flexibility index (Phi) is 6.95. The van der Waals surface area contributed by atoms with Crippen LogP contribution in [0.25, 0.3) is 0 Å². The van der Waals surface area contributed by atoms with Gasteiger partial charge in [0.05, 0.1) is 32.2 Å². The van der Waals surface area contributed by atoms with Crippen molar-refractivity contribution in [2.24, 2.45) is 0 Å². The van der Waals surface area contributed by atoms with E-state index in [2.05, 4.69) is 5.10 Å². The van der Waals surface area contributed by atoms with Crippen LogP contribution in [0.4, 0.5) is 35.1 Å². The summed E-state index contributed by atoms with van der Waals surface area (Å²) in [5.41, 5.74) is -3.16. The van der Waals surface area contributed by atoms with Crippen molar-refractivity contribution in [3.05, 3.63) is 70.2 Å². The molecule has 1 heterocycles. The fourth-order valence-corrected chi connectivity index (χ4v) is 3.95. The van der Waals surface area contributed by atoms with Gasteiger partial charge in [-0.25, -0.2) is 31.4 Å². The van der Waals surface area contributed by atoms with Gasteiger partial charge in [0.25, 0.3) is 0 Å². The summed E-state index contributed by atoms with van der Waals surface area (Å²) in [5.74, 6) is -13.0. The molecule has 0 spiro atoms. The Bertz CT molecular complexity index is 1280. The maximum atomic E-state index is 14.3. The number of alkyl halides is 3. The van der Waals surface area contributed by atoms with Crippen LogP contribution in [0.1, 0.15) is 42.4 Å². The summed E-state index contributed by atoms with van der Waals surface area (Å²) >= 11 is 0.0355. The average Bonchev–Trinajstić information content (AvgIpc) is 3.08. The van der Waals surface area contributed by atoms with Crippen LogP contribution in [-0.4, -0.2) is 15.7 Å². The molecule has 0 aliphatic heterocycles. The Morgan fingerprint density at radius 2 is 1.40 bits per heavy atom. The van der Waals surface area contributed by atoms with Gasteiger partial charge >= 0.3 is 12.1 Å². The Hall–Kier alpha value is -3.09. The van der Waals surface area contributed by atoms with E-state index < -0.39 is 68.7 Å². The fraction of sp³-hybridized carbons (Fsp3) is 0.273. The molecule has 188 valence electrons. The van der Waals surface area contributed by atoms with Crippen molar-refractivity contribution in [2.75, 3.05) is 0 Å². The predicted octanol–water partition coefficient (Wildman–Crippen LogP) is 7.03. The zero-order chi connectivity index (χ0) is 26.5. The number of carbonyl (C=O) groups excluding carboxylic acids is 1. The van der Waals surface area contributed by atoms with Gasteiger partial charge in [-0.1, -0.05) is 23.9 Å². The van der Waals surface area contributed by atoms with Crippen molar-refractivity contribution < 1.29 is 44.7 Å². The van der Waals surface area contributed by atoms with E-state index in [1.165, 1.54) is 13.0 Å². The van der Waals surface area contributed by atoms with E-state index in [1.54, 1.807) is 20.8 Å². The average molecular weight is 524 g/mol. The Balaban J connectivity index is 2.17. The molecule has 2 aromatic carbocycles. The van der Waals surface area contributed by atoms with Crippen LogP contribution >= 0.6 is 11.8 Å². The van der Waals surface area contributed by atoms with E-state index in [9.17, 15) is 39.9 Å². The molecule has 0 fully saturated rings. The third kappa shape index (κ3) is 5.00. The van der Waals surface area contributed by atoms with Gasteiger partial charge in [0, 0.05) is 0 Å². The first-order valence-corrected chi connectivity index (χ1v) is 10.5. The summed E-state index contributed by atoms with van der Waals surface area (Å²) in [6.45, 7) is 6.03. The third-order valence-electron chi connectivity index (χ3n) is 4.62. The van der Waals surface area contributed by atoms with Crippen molar-refractivity contribution in [1.82, 2.24) is 9.78 Å². The fourth-order valence-electron chi connectivity index (χ4n) is 2.98. The summed E-state index contributed by atoms with van der Waals surface area (Å²) in [6, 6.07) is 3.76. The molecule has 0 saturated carbocycles. The summed E-state index contributed by atoms with van der Waals surface area (Å²) < 4.78 is 116. The van der Waals surface area contributed by atoms with Crippen molar-refractivity contribution in [2.45, 2.75) is 49.2 Å². The van der Waals surface area contributed by atoms with Crippen LogP contribution in [0.3, 0.4) is 0 Å². The molecule has 0 bridgehead atoms. The highest BCUT2D eigenvalue weighted by atomic mass is 32.2. The lowest BCUT2D eigenvalue weighted by molar-refractivity contribution is -0.138. The van der Waals surface area contributed by atoms with E-state index in [-0.39, 0.29) is 22.4 Å². The number of hydrogen-bond donors (Lipinski definition) is 0. The molecule has 0 aliphatic carbocycles. The summed E-state index contributed by atoms with van der Waals surface area (Å²) in [5, 5.41) is 4.11. The second-order valence-electron chi connectivity index (χ2n) is 8.24. The van der Waals surface area contributed by atoms with E-state index in [4.69, 9.17) is 4.74 Å². The number of hydrogen-bond acceptors (Lipinski definition) is 4. The van der Waals surface area contributed by atoms with E-state index in [0.29, 0.717) is 6.07 Å². The van der Waals surface area contributed by atoms with E-state index in [0.717, 1.165) is 16.8 Å². The number of aromatic nitrogens is 2. The maximum absolute atomic E-state index is 14.3. The van der Waals surface area contributed by atoms with Gasteiger partial charge < -0.3 is 4.74 Å². The van der Waals surface area contributed by atoms with E-state index in [1.807, 2.05) is 0 Å². The largest absolute Gasteiger partial charge is 0.417 e. The van der Waals surface area contributed by atoms with Crippen molar-refractivity contribution >= 4 is 17.7 Å². The monoisotopic (exact) mass is 524 g/mol. The van der Waals surface area contributed by atoms with Crippen LogP contribution in [0, 0.1) is 36.0 Å². The van der Waals surface area contributed by atoms with Crippen LogP contribution in [0.2, 0.25) is 0 Å². The van der Waals surface area contributed by atoms with Gasteiger partial charge in [-0.05, 0) is 39.8 Å². The molecule has 0 aliphatic rings. The molecule has 13 heteroatoms. The number of carbonyl (C=O) groups is 1. The Morgan fingerprint density at radius 3 is 1.91 bits per heavy atom. The maximum Gasteiger partial charge on any atom is 0.417 e. The second kappa shape index (κ2) is 9.17. The van der Waals surface area contributed by atoms with Crippen molar-refractivity contribution in [3.8, 4) is 5.88 Å². The molecule has 0 amide bonds. The highest BCUT2D eigenvalue weighted by Gasteiger charge is 2.37. The molecule has 1 aromatic heterocycles. The molecule has 0 N–H and O–H groups in total. The Labute approximate surface area is 197 Å². The molecule has 35 heavy (non-hydrogen) atoms. The van der Waals surface area contributed by atoms with Crippen LogP contribution in [0.5, 0.6) is 5.88 Å². The van der Waals surface area contributed by atoms with Gasteiger partial charge in [0.2, 0.25) is 11.7 Å². The molecule has 3 aromatic rings. The highest BCUT2D eigenvalue weighted by Crippen LogP contribution is 2.43. The van der Waals surface area contributed by atoms with Gasteiger partial charge in [-0.15, -0.1) is 0 Å². The second-order valence-corrected chi connectivity index (χ2v) is 9.26. The quantitative estimate of drug-likeness (QED) is 0.159. The Morgan fingerprint density at radius 1 is 0.886 bits per heavy atom. The number of nitrogens with zero attached hydrogens (tertiary/aromatic N) is 2. The third-order valence-corrected chi connectivity index (χ3v) is 5.85. The highest BCUT2D eigenvalue weighted by molar-refractivity contribution is 7.99. The minimum Gasteiger partial charge on any atom is -0.403 e. The van der Waals surface area contributed by atoms with Gasteiger partial charge in [-0.2, -0.15) is 18.3 Å². The minimum atomic E-state index is -4.90. The smallest absolute Gasteiger partial charge is 0.403 e. The van der Waals surface area contributed by atoms with Crippen molar-refractivity contribution in [3.63, 3.8) is 0 Å². The molecule has 4 nitrogen and oxygen atoms in total. The number of esters is 1. The minimum absolute atomic E-state index is 0.0355. The molecule has 0 saturated heterocycles. The van der Waals surface area contributed by atoms with Crippen LogP contribution in [-0.2, 0) is 11.7 Å². The zero-order valence-corrected chi connectivity index (χ0v) is 19.3. The standard InChI is InChI=1S/C22H16F8N2O2S/c1-9-17(35-18-15(26)13(24)12(23)14(25)16(18)27)19(32(31-9)21(2,3)4)34-20(33)10-7-5-6-8-11(10)22(28,29)30/h5-8H,1-4H3. The lowest BCUT2D eigenvalue weighted by atomic mass is 10.1. The van der Waals surface area contributed by atoms with Crippen LogP contribution < -0.4 is 4.74 Å². The number of benzene rings is 2. The number of rotatable bonds is 4. The van der Waals surface area contributed by atoms with Crippen LogP contribution in [0.15, 0.2) is 34.1 Å². The van der Waals surface area contributed by atoms with Crippen molar-refractivity contribution in [1.29, 1.82) is 0 Å². The molecular formula is C22H16F8N2O2S. The zero-order valence-electron chi connectivity index (χ0n) is 18.5. The normalized spacial score (nSPS) is 12.2.